The van der Waals surface area contributed by atoms with Crippen LogP contribution >= 0.6 is 0 Å². The molecule has 1 amide bonds. The van der Waals surface area contributed by atoms with Crippen molar-refractivity contribution >= 4 is 5.91 Å². The Morgan fingerprint density at radius 3 is 2.70 bits per heavy atom. The first-order valence-electron chi connectivity index (χ1n) is 7.78. The minimum Gasteiger partial charge on any atom is -0.343 e. The number of carbonyl (C=O) groups excluding carboxylic acids is 1. The summed E-state index contributed by atoms with van der Waals surface area (Å²) in [5.41, 5.74) is 0. The van der Waals surface area contributed by atoms with Gasteiger partial charge >= 0.3 is 0 Å². The molecule has 5 heteroatoms. The summed E-state index contributed by atoms with van der Waals surface area (Å²) in [7, 11) is 0. The Morgan fingerprint density at radius 1 is 1.25 bits per heavy atom. The van der Waals surface area contributed by atoms with E-state index in [1.54, 1.807) is 12.5 Å². The number of nitrogens with one attached hydrogen (secondary N) is 1. The fraction of sp³-hybridized carbons (Fsp3) is 0.733. The predicted molar refractivity (Wildman–Crippen MR) is 77.2 cm³/mol. The first-order chi connectivity index (χ1) is 9.81. The van der Waals surface area contributed by atoms with Gasteiger partial charge in [0.25, 0.3) is 0 Å². The van der Waals surface area contributed by atoms with E-state index in [0.29, 0.717) is 12.5 Å². The summed E-state index contributed by atoms with van der Waals surface area (Å²) in [6.07, 6.45) is 11.0. The van der Waals surface area contributed by atoms with Gasteiger partial charge in [0, 0.05) is 44.5 Å². The molecule has 1 aromatic heterocycles. The number of aryl methyl sites for hydroxylation is 1. The molecule has 0 aromatic carbocycles. The van der Waals surface area contributed by atoms with E-state index in [0.717, 1.165) is 38.4 Å². The minimum absolute atomic E-state index is 0.277. The van der Waals surface area contributed by atoms with Gasteiger partial charge < -0.3 is 14.8 Å². The molecule has 110 valence electrons. The third-order valence-electron chi connectivity index (χ3n) is 4.38. The molecule has 0 unspecified atom stereocenters. The second-order valence-electron chi connectivity index (χ2n) is 6.06. The molecule has 0 radical (unpaired) electrons. The lowest BCUT2D eigenvalue weighted by molar-refractivity contribution is -0.132. The number of nitrogens with zero attached hydrogens (tertiary/aromatic N) is 3. The van der Waals surface area contributed by atoms with E-state index < -0.39 is 0 Å². The van der Waals surface area contributed by atoms with E-state index in [4.69, 9.17) is 0 Å². The highest BCUT2D eigenvalue weighted by molar-refractivity contribution is 5.76. The molecule has 3 rings (SSSR count). The second-order valence-corrected chi connectivity index (χ2v) is 6.06. The molecule has 2 heterocycles. The average Bonchev–Trinajstić information content (AvgIpc) is 3.17. The van der Waals surface area contributed by atoms with Crippen molar-refractivity contribution in [1.29, 1.82) is 0 Å². The van der Waals surface area contributed by atoms with Crippen molar-refractivity contribution < 1.29 is 4.79 Å². The van der Waals surface area contributed by atoms with Crippen molar-refractivity contribution in [2.75, 3.05) is 19.6 Å². The van der Waals surface area contributed by atoms with Crippen LogP contribution in [-0.2, 0) is 11.3 Å². The van der Waals surface area contributed by atoms with E-state index in [1.165, 1.54) is 19.4 Å². The standard InChI is InChI=1S/C15H24N4O/c20-15(5-7-18-10-6-16-12-18)19-8-3-14(4-9-19)17-11-13-1-2-13/h6,10,12-14,17H,1-5,7-9,11H2. The van der Waals surface area contributed by atoms with Crippen LogP contribution in [0, 0.1) is 5.92 Å². The number of likely N-dealkylation sites (tertiary alicyclic amines) is 1. The van der Waals surface area contributed by atoms with Crippen molar-refractivity contribution in [1.82, 2.24) is 19.8 Å². The largest absolute Gasteiger partial charge is 0.343 e. The van der Waals surface area contributed by atoms with E-state index >= 15 is 0 Å². The summed E-state index contributed by atoms with van der Waals surface area (Å²) in [6.45, 7) is 3.73. The van der Waals surface area contributed by atoms with Crippen molar-refractivity contribution in [3.63, 3.8) is 0 Å². The van der Waals surface area contributed by atoms with Crippen LogP contribution in [0.3, 0.4) is 0 Å². The van der Waals surface area contributed by atoms with E-state index in [9.17, 15) is 4.79 Å². The van der Waals surface area contributed by atoms with Crippen molar-refractivity contribution in [3.05, 3.63) is 18.7 Å². The zero-order valence-corrected chi connectivity index (χ0v) is 12.0. The lowest BCUT2D eigenvalue weighted by Crippen LogP contribution is -2.45. The smallest absolute Gasteiger partial charge is 0.224 e. The first-order valence-corrected chi connectivity index (χ1v) is 7.78. The Morgan fingerprint density at radius 2 is 2.05 bits per heavy atom. The minimum atomic E-state index is 0.277. The zero-order chi connectivity index (χ0) is 13.8. The number of piperidine rings is 1. The van der Waals surface area contributed by atoms with Gasteiger partial charge in [-0.3, -0.25) is 4.79 Å². The highest BCUT2D eigenvalue weighted by Crippen LogP contribution is 2.28. The number of rotatable bonds is 6. The van der Waals surface area contributed by atoms with Gasteiger partial charge in [-0.1, -0.05) is 0 Å². The van der Waals surface area contributed by atoms with Crippen LogP contribution in [-0.4, -0.2) is 46.0 Å². The van der Waals surface area contributed by atoms with Gasteiger partial charge in [0.2, 0.25) is 5.91 Å². The van der Waals surface area contributed by atoms with Gasteiger partial charge in [-0.2, -0.15) is 0 Å². The van der Waals surface area contributed by atoms with E-state index in [1.807, 2.05) is 15.7 Å². The topological polar surface area (TPSA) is 50.2 Å². The summed E-state index contributed by atoms with van der Waals surface area (Å²) in [5.74, 6) is 1.21. The third-order valence-corrected chi connectivity index (χ3v) is 4.38. The number of hydrogen-bond donors (Lipinski definition) is 1. The molecule has 1 saturated carbocycles. The van der Waals surface area contributed by atoms with Gasteiger partial charge in [0.1, 0.15) is 0 Å². The molecule has 2 fully saturated rings. The molecule has 0 bridgehead atoms. The molecular weight excluding hydrogens is 252 g/mol. The number of aromatic nitrogens is 2. The summed E-state index contributed by atoms with van der Waals surface area (Å²) < 4.78 is 1.96. The van der Waals surface area contributed by atoms with Gasteiger partial charge in [0.05, 0.1) is 6.33 Å². The molecule has 0 atom stereocenters. The monoisotopic (exact) mass is 276 g/mol. The fourth-order valence-corrected chi connectivity index (χ4v) is 2.79. The quantitative estimate of drug-likeness (QED) is 0.851. The zero-order valence-electron chi connectivity index (χ0n) is 12.0. The van der Waals surface area contributed by atoms with Gasteiger partial charge in [-0.05, 0) is 38.1 Å². The summed E-state index contributed by atoms with van der Waals surface area (Å²) in [6, 6.07) is 0.619. The van der Waals surface area contributed by atoms with Crippen molar-refractivity contribution in [2.24, 2.45) is 5.92 Å². The molecule has 0 spiro atoms. The number of carbonyl (C=O) groups is 1. The predicted octanol–water partition coefficient (Wildman–Crippen LogP) is 1.26. The molecule has 1 aliphatic carbocycles. The molecule has 1 aromatic rings. The number of imidazole rings is 1. The van der Waals surface area contributed by atoms with Gasteiger partial charge in [-0.25, -0.2) is 4.98 Å². The Labute approximate surface area is 120 Å². The lowest BCUT2D eigenvalue weighted by Gasteiger charge is -2.32. The highest BCUT2D eigenvalue weighted by Gasteiger charge is 2.25. The molecule has 1 aliphatic heterocycles. The van der Waals surface area contributed by atoms with Crippen molar-refractivity contribution in [2.45, 2.75) is 44.7 Å². The Balaban J connectivity index is 1.35. The molecule has 1 N–H and O–H groups in total. The Kier molecular flexibility index (Phi) is 4.35. The second kappa shape index (κ2) is 6.39. The van der Waals surface area contributed by atoms with Crippen LogP contribution in [0.4, 0.5) is 0 Å². The number of hydrogen-bond acceptors (Lipinski definition) is 3. The fourth-order valence-electron chi connectivity index (χ4n) is 2.79. The van der Waals surface area contributed by atoms with Crippen LogP contribution in [0.25, 0.3) is 0 Å². The maximum absolute atomic E-state index is 12.1. The Hall–Kier alpha value is -1.36. The lowest BCUT2D eigenvalue weighted by atomic mass is 10.0. The molecule has 20 heavy (non-hydrogen) atoms. The molecule has 5 nitrogen and oxygen atoms in total. The summed E-state index contributed by atoms with van der Waals surface area (Å²) in [5, 5.41) is 3.65. The molecule has 2 aliphatic rings. The highest BCUT2D eigenvalue weighted by atomic mass is 16.2. The number of amides is 1. The normalized spacial score (nSPS) is 20.3. The van der Waals surface area contributed by atoms with Crippen molar-refractivity contribution in [3.8, 4) is 0 Å². The van der Waals surface area contributed by atoms with Gasteiger partial charge in [-0.15, -0.1) is 0 Å². The third kappa shape index (κ3) is 3.82. The summed E-state index contributed by atoms with van der Waals surface area (Å²) in [4.78, 5) is 18.2. The summed E-state index contributed by atoms with van der Waals surface area (Å²) >= 11 is 0. The molecule has 1 saturated heterocycles. The Bertz CT molecular complexity index is 419. The van der Waals surface area contributed by atoms with Crippen LogP contribution in [0.2, 0.25) is 0 Å². The maximum atomic E-state index is 12.1. The maximum Gasteiger partial charge on any atom is 0.224 e. The van der Waals surface area contributed by atoms with Crippen LogP contribution in [0.1, 0.15) is 32.1 Å². The van der Waals surface area contributed by atoms with Crippen LogP contribution < -0.4 is 5.32 Å². The van der Waals surface area contributed by atoms with Crippen LogP contribution in [0.15, 0.2) is 18.7 Å². The van der Waals surface area contributed by atoms with E-state index in [2.05, 4.69) is 10.3 Å². The first kappa shape index (κ1) is 13.6. The SMILES string of the molecule is O=C(CCn1ccnc1)N1CCC(NCC2CC2)CC1. The average molecular weight is 276 g/mol. The molecular formula is C15H24N4O. The van der Waals surface area contributed by atoms with E-state index in [-0.39, 0.29) is 5.91 Å². The van der Waals surface area contributed by atoms with Gasteiger partial charge in [0.15, 0.2) is 0 Å². The van der Waals surface area contributed by atoms with Crippen LogP contribution in [0.5, 0.6) is 0 Å².